The number of aryl methyl sites for hydroxylation is 1. The predicted molar refractivity (Wildman–Crippen MR) is 186 cm³/mol. The molecule has 1 N–H and O–H groups in total. The van der Waals surface area contributed by atoms with Crippen LogP contribution >= 0.6 is 46.4 Å². The lowest BCUT2D eigenvalue weighted by Crippen LogP contribution is -2.53. The first-order valence-electron chi connectivity index (χ1n) is 14.5. The second-order valence-electron chi connectivity index (χ2n) is 10.6. The van der Waals surface area contributed by atoms with Crippen molar-refractivity contribution in [3.8, 4) is 0 Å². The number of hydrogen-bond donors (Lipinski definition) is 1. The lowest BCUT2D eigenvalue weighted by atomic mass is 10.0. The molecule has 0 bridgehead atoms. The summed E-state index contributed by atoms with van der Waals surface area (Å²) in [6.07, 6.45) is 0.816. The quantitative estimate of drug-likeness (QED) is 0.152. The van der Waals surface area contributed by atoms with Crippen molar-refractivity contribution >= 4 is 73.9 Å². The number of anilines is 1. The molecule has 12 heteroatoms. The average molecular weight is 722 g/mol. The van der Waals surface area contributed by atoms with Gasteiger partial charge in [-0.05, 0) is 55.3 Å². The molecule has 0 aliphatic rings. The molecular formula is C34H33Cl4N3O4S. The summed E-state index contributed by atoms with van der Waals surface area (Å²) in [6, 6.07) is 23.9. The largest absolute Gasteiger partial charge is 0.354 e. The first-order valence-corrected chi connectivity index (χ1v) is 17.5. The van der Waals surface area contributed by atoms with Crippen LogP contribution in [0.15, 0.2) is 95.9 Å². The van der Waals surface area contributed by atoms with E-state index in [4.69, 9.17) is 46.4 Å². The van der Waals surface area contributed by atoms with E-state index >= 15 is 0 Å². The SMILES string of the molecule is CCCNC(=O)[C@H](Cc1ccccc1)N(Cc1c(Cl)cccc1Cl)C(=O)CN(c1cccc(Cl)c1Cl)S(=O)(=O)c1ccc(C)cc1. The minimum absolute atomic E-state index is 0.00821. The van der Waals surface area contributed by atoms with Crippen molar-refractivity contribution in [3.63, 3.8) is 0 Å². The van der Waals surface area contributed by atoms with Crippen molar-refractivity contribution in [2.24, 2.45) is 0 Å². The molecule has 4 aromatic rings. The third kappa shape index (κ3) is 8.55. The van der Waals surface area contributed by atoms with Gasteiger partial charge in [0, 0.05) is 35.1 Å². The Hall–Kier alpha value is -3.27. The van der Waals surface area contributed by atoms with Crippen LogP contribution in [-0.2, 0) is 32.6 Å². The molecule has 46 heavy (non-hydrogen) atoms. The van der Waals surface area contributed by atoms with Crippen LogP contribution in [0.25, 0.3) is 0 Å². The smallest absolute Gasteiger partial charge is 0.264 e. The van der Waals surface area contributed by atoms with Gasteiger partial charge in [-0.25, -0.2) is 8.42 Å². The second kappa shape index (κ2) is 16.0. The summed E-state index contributed by atoms with van der Waals surface area (Å²) in [5, 5.41) is 3.54. The normalized spacial score (nSPS) is 12.0. The van der Waals surface area contributed by atoms with Crippen LogP contribution in [0.4, 0.5) is 5.69 Å². The molecule has 0 unspecified atom stereocenters. The number of carbonyl (C=O) groups is 2. The van der Waals surface area contributed by atoms with E-state index in [1.807, 2.05) is 44.2 Å². The molecule has 0 spiro atoms. The molecule has 0 aliphatic carbocycles. The topological polar surface area (TPSA) is 86.8 Å². The molecule has 0 aliphatic heterocycles. The van der Waals surface area contributed by atoms with E-state index in [0.29, 0.717) is 28.6 Å². The van der Waals surface area contributed by atoms with E-state index in [0.717, 1.165) is 15.4 Å². The van der Waals surface area contributed by atoms with Gasteiger partial charge in [-0.1, -0.05) is 113 Å². The summed E-state index contributed by atoms with van der Waals surface area (Å²) in [5.74, 6) is -1.09. The molecule has 1 atom stereocenters. The van der Waals surface area contributed by atoms with Gasteiger partial charge < -0.3 is 10.2 Å². The number of sulfonamides is 1. The van der Waals surface area contributed by atoms with Crippen molar-refractivity contribution in [3.05, 3.63) is 128 Å². The molecule has 0 fully saturated rings. The van der Waals surface area contributed by atoms with Gasteiger partial charge in [-0.3, -0.25) is 13.9 Å². The van der Waals surface area contributed by atoms with E-state index in [1.165, 1.54) is 29.2 Å². The molecule has 2 amide bonds. The van der Waals surface area contributed by atoms with Crippen molar-refractivity contribution in [1.82, 2.24) is 10.2 Å². The Morgan fingerprint density at radius 3 is 2.04 bits per heavy atom. The Morgan fingerprint density at radius 2 is 1.41 bits per heavy atom. The highest BCUT2D eigenvalue weighted by Crippen LogP contribution is 2.36. The van der Waals surface area contributed by atoms with Gasteiger partial charge in [0.15, 0.2) is 0 Å². The predicted octanol–water partition coefficient (Wildman–Crippen LogP) is 7.97. The Morgan fingerprint density at radius 1 is 0.804 bits per heavy atom. The lowest BCUT2D eigenvalue weighted by molar-refractivity contribution is -0.140. The van der Waals surface area contributed by atoms with Crippen LogP contribution in [-0.4, -0.2) is 44.3 Å². The number of hydrogen-bond acceptors (Lipinski definition) is 4. The Kier molecular flexibility index (Phi) is 12.4. The van der Waals surface area contributed by atoms with Gasteiger partial charge in [0.05, 0.1) is 20.6 Å². The number of carbonyl (C=O) groups excluding carboxylic acids is 2. The van der Waals surface area contributed by atoms with Crippen molar-refractivity contribution in [2.45, 2.75) is 44.2 Å². The summed E-state index contributed by atoms with van der Waals surface area (Å²) >= 11 is 26.0. The molecular weight excluding hydrogens is 688 g/mol. The highest BCUT2D eigenvalue weighted by atomic mass is 35.5. The first kappa shape index (κ1) is 35.6. The van der Waals surface area contributed by atoms with E-state index in [9.17, 15) is 18.0 Å². The van der Waals surface area contributed by atoms with Crippen LogP contribution in [0.3, 0.4) is 0 Å². The fraction of sp³-hybridized carbons (Fsp3) is 0.235. The molecule has 0 aromatic heterocycles. The summed E-state index contributed by atoms with van der Waals surface area (Å²) < 4.78 is 29.3. The van der Waals surface area contributed by atoms with Gasteiger partial charge >= 0.3 is 0 Å². The summed E-state index contributed by atoms with van der Waals surface area (Å²) in [4.78, 5) is 29.6. The van der Waals surface area contributed by atoms with Crippen molar-refractivity contribution in [1.29, 1.82) is 0 Å². The number of amides is 2. The number of halogens is 4. The highest BCUT2D eigenvalue weighted by Gasteiger charge is 2.36. The molecule has 4 rings (SSSR count). The first-order chi connectivity index (χ1) is 21.9. The molecule has 0 saturated heterocycles. The average Bonchev–Trinajstić information content (AvgIpc) is 3.03. The van der Waals surface area contributed by atoms with Crippen molar-refractivity contribution in [2.75, 3.05) is 17.4 Å². The second-order valence-corrected chi connectivity index (χ2v) is 14.1. The summed E-state index contributed by atoms with van der Waals surface area (Å²) in [5.41, 5.74) is 2.07. The van der Waals surface area contributed by atoms with Crippen LogP contribution in [0.2, 0.25) is 20.1 Å². The number of nitrogens with one attached hydrogen (secondary N) is 1. The zero-order valence-corrected chi connectivity index (χ0v) is 29.1. The zero-order chi connectivity index (χ0) is 33.4. The molecule has 242 valence electrons. The molecule has 7 nitrogen and oxygen atoms in total. The number of nitrogens with zero attached hydrogens (tertiary/aromatic N) is 2. The Balaban J connectivity index is 1.86. The minimum Gasteiger partial charge on any atom is -0.354 e. The number of rotatable bonds is 13. The van der Waals surface area contributed by atoms with Crippen LogP contribution in [0.1, 0.15) is 30.0 Å². The maximum absolute atomic E-state index is 14.6. The monoisotopic (exact) mass is 719 g/mol. The molecule has 0 saturated carbocycles. The zero-order valence-electron chi connectivity index (χ0n) is 25.2. The van der Waals surface area contributed by atoms with E-state index in [-0.39, 0.29) is 33.6 Å². The fourth-order valence-electron chi connectivity index (χ4n) is 4.81. The van der Waals surface area contributed by atoms with Gasteiger partial charge in [-0.2, -0.15) is 0 Å². The molecule has 0 heterocycles. The van der Waals surface area contributed by atoms with E-state index in [2.05, 4.69) is 5.32 Å². The van der Waals surface area contributed by atoms with E-state index < -0.39 is 34.4 Å². The van der Waals surface area contributed by atoms with Gasteiger partial charge in [0.2, 0.25) is 11.8 Å². The van der Waals surface area contributed by atoms with Crippen LogP contribution in [0, 0.1) is 6.92 Å². The molecule has 4 aromatic carbocycles. The highest BCUT2D eigenvalue weighted by molar-refractivity contribution is 7.92. The van der Waals surface area contributed by atoms with E-state index in [1.54, 1.807) is 36.4 Å². The number of benzene rings is 4. The van der Waals surface area contributed by atoms with Crippen LogP contribution in [0.5, 0.6) is 0 Å². The summed E-state index contributed by atoms with van der Waals surface area (Å²) in [7, 11) is -4.36. The van der Waals surface area contributed by atoms with Crippen LogP contribution < -0.4 is 9.62 Å². The molecule has 0 radical (unpaired) electrons. The fourth-order valence-corrected chi connectivity index (χ4v) is 7.20. The van der Waals surface area contributed by atoms with Gasteiger partial charge in [0.25, 0.3) is 10.0 Å². The van der Waals surface area contributed by atoms with Crippen molar-refractivity contribution < 1.29 is 18.0 Å². The third-order valence-corrected chi connectivity index (χ3v) is 10.6. The Labute approximate surface area is 290 Å². The van der Waals surface area contributed by atoms with Gasteiger partial charge in [0.1, 0.15) is 12.6 Å². The lowest BCUT2D eigenvalue weighted by Gasteiger charge is -2.34. The Bertz CT molecular complexity index is 1770. The standard InChI is InChI=1S/C34H33Cl4N3O4S/c1-3-19-39-34(43)31(20-24-9-5-4-6-10-24)40(21-26-27(35)11-7-12-28(26)36)32(42)22-41(30-14-8-13-29(37)33(30)38)46(44,45)25-17-15-23(2)16-18-25/h4-18,31H,3,19-22H2,1-2H3,(H,39,43)/t31-/m0/s1. The maximum atomic E-state index is 14.6. The van der Waals surface area contributed by atoms with Gasteiger partial charge in [-0.15, -0.1) is 0 Å². The minimum atomic E-state index is -4.36. The summed E-state index contributed by atoms with van der Waals surface area (Å²) in [6.45, 7) is 3.26. The maximum Gasteiger partial charge on any atom is 0.264 e. The third-order valence-electron chi connectivity index (χ3n) is 7.30.